The Morgan fingerprint density at radius 3 is 2.21 bits per heavy atom. The summed E-state index contributed by atoms with van der Waals surface area (Å²) in [5.41, 5.74) is 2.07. The van der Waals surface area contributed by atoms with Crippen LogP contribution in [0.4, 0.5) is 5.69 Å². The van der Waals surface area contributed by atoms with Crippen molar-refractivity contribution in [1.82, 2.24) is 0 Å². The van der Waals surface area contributed by atoms with E-state index in [1.54, 1.807) is 30.3 Å². The fourth-order valence-electron chi connectivity index (χ4n) is 2.85. The molecule has 0 spiro atoms. The first-order valence-corrected chi connectivity index (χ1v) is 9.92. The van der Waals surface area contributed by atoms with Crippen LogP contribution in [-0.2, 0) is 9.84 Å². The van der Waals surface area contributed by atoms with E-state index in [1.165, 1.54) is 24.9 Å². The lowest BCUT2D eigenvalue weighted by Gasteiger charge is -2.28. The van der Waals surface area contributed by atoms with Crippen molar-refractivity contribution in [2.45, 2.75) is 24.2 Å². The number of rotatable bonds is 3. The van der Waals surface area contributed by atoms with Crippen molar-refractivity contribution in [3.63, 3.8) is 0 Å². The van der Waals surface area contributed by atoms with Crippen LogP contribution in [0.2, 0.25) is 0 Å². The maximum atomic E-state index is 12.2. The van der Waals surface area contributed by atoms with E-state index >= 15 is 0 Å². The van der Waals surface area contributed by atoms with Gasteiger partial charge >= 0.3 is 0 Å². The monoisotopic (exact) mass is 339 g/mol. The van der Waals surface area contributed by atoms with Crippen LogP contribution in [0.25, 0.3) is 0 Å². The maximum Gasteiger partial charge on any atom is 0.189 e. The fourth-order valence-corrected chi connectivity index (χ4v) is 3.85. The summed E-state index contributed by atoms with van der Waals surface area (Å²) in [7, 11) is -3.34. The number of piperidine rings is 1. The second kappa shape index (κ2) is 7.55. The molecule has 4 heteroatoms. The quantitative estimate of drug-likeness (QED) is 0.803. The minimum absolute atomic E-state index is 0.162. The predicted octanol–water partition coefficient (Wildman–Crippen LogP) is 3.50. The van der Waals surface area contributed by atoms with Crippen molar-refractivity contribution in [3.8, 4) is 11.8 Å². The first kappa shape index (κ1) is 16.6. The lowest BCUT2D eigenvalue weighted by atomic mass is 10.1. The van der Waals surface area contributed by atoms with E-state index in [9.17, 15) is 8.42 Å². The molecule has 1 aliphatic heterocycles. The molecule has 0 bridgehead atoms. The predicted molar refractivity (Wildman–Crippen MR) is 97.9 cm³/mol. The van der Waals surface area contributed by atoms with Gasteiger partial charge in [0.1, 0.15) is 5.75 Å². The van der Waals surface area contributed by atoms with Gasteiger partial charge in [0.15, 0.2) is 9.84 Å². The number of benzene rings is 2. The summed E-state index contributed by atoms with van der Waals surface area (Å²) >= 11 is 0. The lowest BCUT2D eigenvalue weighted by Crippen LogP contribution is -2.29. The number of sulfone groups is 1. The standard InChI is InChI=1S/C20H21NO2S/c22-24(23,20-9-3-1-4-10-20)17-7-8-18-11-13-19(14-12-18)21-15-5-2-6-16-21/h1,3-4,9-14H,2,5-6,15-17H2. The second-order valence-electron chi connectivity index (χ2n) is 5.97. The van der Waals surface area contributed by atoms with Crippen LogP contribution < -0.4 is 4.90 Å². The molecule has 2 aromatic rings. The first-order valence-electron chi connectivity index (χ1n) is 8.27. The Morgan fingerprint density at radius 1 is 0.875 bits per heavy atom. The number of hydrogen-bond donors (Lipinski definition) is 0. The van der Waals surface area contributed by atoms with Crippen molar-refractivity contribution >= 4 is 15.5 Å². The Hall–Kier alpha value is -2.25. The van der Waals surface area contributed by atoms with Gasteiger partial charge in [-0.2, -0.15) is 0 Å². The van der Waals surface area contributed by atoms with Crippen molar-refractivity contribution in [3.05, 3.63) is 60.2 Å². The van der Waals surface area contributed by atoms with Crippen LogP contribution in [-0.4, -0.2) is 27.3 Å². The SMILES string of the molecule is O=S(=O)(CC#Cc1ccc(N2CCCCC2)cc1)c1ccccc1. The summed E-state index contributed by atoms with van der Waals surface area (Å²) in [4.78, 5) is 2.71. The smallest absolute Gasteiger partial charge is 0.189 e. The highest BCUT2D eigenvalue weighted by atomic mass is 32.2. The summed E-state index contributed by atoms with van der Waals surface area (Å²) in [6, 6.07) is 16.5. The molecule has 0 amide bonds. The van der Waals surface area contributed by atoms with E-state index in [1.807, 2.05) is 12.1 Å². The normalized spacial score (nSPS) is 14.8. The second-order valence-corrected chi connectivity index (χ2v) is 7.96. The Morgan fingerprint density at radius 2 is 1.54 bits per heavy atom. The molecule has 0 atom stereocenters. The van der Waals surface area contributed by atoms with Crippen molar-refractivity contribution in [2.75, 3.05) is 23.7 Å². The van der Waals surface area contributed by atoms with Crippen LogP contribution in [0.5, 0.6) is 0 Å². The van der Waals surface area contributed by atoms with Gasteiger partial charge in [-0.3, -0.25) is 0 Å². The summed E-state index contributed by atoms with van der Waals surface area (Å²) in [6.45, 7) is 2.22. The Balaban J connectivity index is 1.66. The molecule has 124 valence electrons. The highest BCUT2D eigenvalue weighted by Crippen LogP contribution is 2.20. The minimum Gasteiger partial charge on any atom is -0.372 e. The third-order valence-corrected chi connectivity index (χ3v) is 5.70. The van der Waals surface area contributed by atoms with E-state index in [4.69, 9.17) is 0 Å². The molecule has 1 heterocycles. The van der Waals surface area contributed by atoms with Gasteiger partial charge < -0.3 is 4.90 Å². The average molecular weight is 339 g/mol. The van der Waals surface area contributed by atoms with E-state index in [0.29, 0.717) is 4.90 Å². The summed E-state index contributed by atoms with van der Waals surface area (Å²) in [5.74, 6) is 5.58. The highest BCUT2D eigenvalue weighted by molar-refractivity contribution is 7.91. The maximum absolute atomic E-state index is 12.2. The van der Waals surface area contributed by atoms with Crippen LogP contribution >= 0.6 is 0 Å². The molecule has 0 radical (unpaired) electrons. The highest BCUT2D eigenvalue weighted by Gasteiger charge is 2.12. The molecule has 1 aliphatic rings. The first-order chi connectivity index (χ1) is 11.6. The van der Waals surface area contributed by atoms with E-state index in [2.05, 4.69) is 28.9 Å². The minimum atomic E-state index is -3.34. The molecule has 0 saturated carbocycles. The summed E-state index contributed by atoms with van der Waals surface area (Å²) in [5, 5.41) is 0. The third kappa shape index (κ3) is 4.18. The van der Waals surface area contributed by atoms with Gasteiger partial charge in [0, 0.05) is 24.3 Å². The van der Waals surface area contributed by atoms with Gasteiger partial charge in [-0.25, -0.2) is 8.42 Å². The van der Waals surface area contributed by atoms with Gasteiger partial charge in [-0.1, -0.05) is 30.0 Å². The van der Waals surface area contributed by atoms with Crippen LogP contribution in [0.15, 0.2) is 59.5 Å². The molecule has 0 aliphatic carbocycles. The molecule has 1 saturated heterocycles. The average Bonchev–Trinajstić information content (AvgIpc) is 2.64. The van der Waals surface area contributed by atoms with Crippen LogP contribution in [0, 0.1) is 11.8 Å². The molecule has 3 nitrogen and oxygen atoms in total. The fraction of sp³-hybridized carbons (Fsp3) is 0.300. The molecule has 24 heavy (non-hydrogen) atoms. The topological polar surface area (TPSA) is 37.4 Å². The zero-order valence-corrected chi connectivity index (χ0v) is 14.4. The zero-order valence-electron chi connectivity index (χ0n) is 13.6. The molecular formula is C20H21NO2S. The molecule has 0 aromatic heterocycles. The van der Waals surface area contributed by atoms with Crippen molar-refractivity contribution in [1.29, 1.82) is 0 Å². The molecule has 2 aromatic carbocycles. The zero-order chi connectivity index (χ0) is 16.8. The number of nitrogens with zero attached hydrogens (tertiary/aromatic N) is 1. The van der Waals surface area contributed by atoms with Crippen molar-refractivity contribution < 1.29 is 8.42 Å². The van der Waals surface area contributed by atoms with E-state index < -0.39 is 9.84 Å². The molecular weight excluding hydrogens is 318 g/mol. The lowest BCUT2D eigenvalue weighted by molar-refractivity contribution is 0.578. The van der Waals surface area contributed by atoms with Gasteiger partial charge in [-0.15, -0.1) is 0 Å². The van der Waals surface area contributed by atoms with Gasteiger partial charge in [0.2, 0.25) is 0 Å². The van der Waals surface area contributed by atoms with E-state index in [0.717, 1.165) is 18.7 Å². The van der Waals surface area contributed by atoms with E-state index in [-0.39, 0.29) is 5.75 Å². The Bertz CT molecular complexity index is 825. The Kier molecular flexibility index (Phi) is 5.22. The Labute approximate surface area is 144 Å². The number of hydrogen-bond acceptors (Lipinski definition) is 3. The van der Waals surface area contributed by atoms with Crippen LogP contribution in [0.3, 0.4) is 0 Å². The van der Waals surface area contributed by atoms with Gasteiger partial charge in [-0.05, 0) is 55.7 Å². The van der Waals surface area contributed by atoms with Crippen molar-refractivity contribution in [2.24, 2.45) is 0 Å². The summed E-state index contributed by atoms with van der Waals surface area (Å²) < 4.78 is 24.3. The van der Waals surface area contributed by atoms with Crippen LogP contribution in [0.1, 0.15) is 24.8 Å². The summed E-state index contributed by atoms with van der Waals surface area (Å²) in [6.07, 6.45) is 3.81. The molecule has 3 rings (SSSR count). The molecule has 0 unspecified atom stereocenters. The van der Waals surface area contributed by atoms with Gasteiger partial charge in [0.05, 0.1) is 4.90 Å². The number of anilines is 1. The largest absolute Gasteiger partial charge is 0.372 e. The van der Waals surface area contributed by atoms with Gasteiger partial charge in [0.25, 0.3) is 0 Å². The molecule has 1 fully saturated rings. The molecule has 0 N–H and O–H groups in total. The third-order valence-electron chi connectivity index (χ3n) is 4.19.